The quantitative estimate of drug-likeness (QED) is 0.635. The van der Waals surface area contributed by atoms with Crippen LogP contribution < -0.4 is 5.32 Å². The van der Waals surface area contributed by atoms with Gasteiger partial charge in [0.1, 0.15) is 5.76 Å². The molecule has 3 rings (SSSR count). The van der Waals surface area contributed by atoms with E-state index in [0.717, 1.165) is 23.4 Å². The van der Waals surface area contributed by atoms with Crippen molar-refractivity contribution < 1.29 is 9.21 Å². The molecule has 1 fully saturated rings. The lowest BCUT2D eigenvalue weighted by Crippen LogP contribution is -2.41. The molecule has 0 spiro atoms. The fraction of sp³-hybridized carbons (Fsp3) is 0.524. The summed E-state index contributed by atoms with van der Waals surface area (Å²) in [6.45, 7) is 4.18. The summed E-state index contributed by atoms with van der Waals surface area (Å²) in [5.41, 5.74) is 1.90. The number of thioether (sulfide) groups is 2. The number of hydrogen-bond acceptors (Lipinski definition) is 5. The predicted molar refractivity (Wildman–Crippen MR) is 114 cm³/mol. The van der Waals surface area contributed by atoms with Crippen molar-refractivity contribution in [2.24, 2.45) is 5.92 Å². The molecule has 1 saturated carbocycles. The molecule has 6 heteroatoms. The highest BCUT2D eigenvalue weighted by Crippen LogP contribution is 2.27. The average molecular weight is 405 g/mol. The van der Waals surface area contributed by atoms with Crippen LogP contribution in [0.4, 0.5) is 0 Å². The molecular formula is C21H28N2O2S2. The molecule has 0 radical (unpaired) electrons. The highest BCUT2D eigenvalue weighted by Gasteiger charge is 2.22. The number of aryl methyl sites for hydroxylation is 1. The van der Waals surface area contributed by atoms with E-state index in [1.165, 1.54) is 24.2 Å². The van der Waals surface area contributed by atoms with Crippen molar-refractivity contribution in [2.45, 2.75) is 56.2 Å². The van der Waals surface area contributed by atoms with Crippen LogP contribution in [-0.4, -0.2) is 28.9 Å². The molecule has 1 aromatic heterocycles. The standard InChI is InChI=1S/C21H28N2O2S2/c1-14-6-4-5-7-18(14)22-20(24)13-27-12-19-15(2)25-21(23-19)16-8-10-17(26-3)11-9-16/h8-11,14,18H,4-7,12-13H2,1-3H3,(H,22,24)/t14-,18+/m1/s1. The van der Waals surface area contributed by atoms with Gasteiger partial charge in [0.2, 0.25) is 11.8 Å². The van der Waals surface area contributed by atoms with Crippen LogP contribution in [0.3, 0.4) is 0 Å². The van der Waals surface area contributed by atoms with Crippen LogP contribution in [0, 0.1) is 12.8 Å². The summed E-state index contributed by atoms with van der Waals surface area (Å²) in [5, 5.41) is 3.21. The first kappa shape index (κ1) is 20.3. The van der Waals surface area contributed by atoms with Crippen LogP contribution in [0.2, 0.25) is 0 Å². The minimum atomic E-state index is 0.132. The van der Waals surface area contributed by atoms with Gasteiger partial charge in [-0.05, 0) is 56.2 Å². The minimum absolute atomic E-state index is 0.132. The van der Waals surface area contributed by atoms with E-state index in [1.54, 1.807) is 23.5 Å². The Morgan fingerprint density at radius 3 is 2.70 bits per heavy atom. The molecule has 27 heavy (non-hydrogen) atoms. The van der Waals surface area contributed by atoms with E-state index in [4.69, 9.17) is 4.42 Å². The Balaban J connectivity index is 1.50. The minimum Gasteiger partial charge on any atom is -0.441 e. The van der Waals surface area contributed by atoms with E-state index in [1.807, 2.05) is 19.1 Å². The van der Waals surface area contributed by atoms with E-state index in [-0.39, 0.29) is 5.91 Å². The average Bonchev–Trinajstić information content (AvgIpc) is 3.04. The smallest absolute Gasteiger partial charge is 0.230 e. The molecule has 0 saturated heterocycles. The predicted octanol–water partition coefficient (Wildman–Crippen LogP) is 5.30. The number of benzene rings is 1. The first-order valence-corrected chi connectivity index (χ1v) is 11.9. The number of hydrogen-bond donors (Lipinski definition) is 1. The second kappa shape index (κ2) is 9.69. The summed E-state index contributed by atoms with van der Waals surface area (Å²) in [6.07, 6.45) is 6.90. The van der Waals surface area contributed by atoms with Gasteiger partial charge in [-0.25, -0.2) is 4.98 Å². The van der Waals surface area contributed by atoms with E-state index < -0.39 is 0 Å². The lowest BCUT2D eigenvalue weighted by Gasteiger charge is -2.29. The van der Waals surface area contributed by atoms with Crippen LogP contribution in [-0.2, 0) is 10.5 Å². The molecule has 0 unspecified atom stereocenters. The van der Waals surface area contributed by atoms with Crippen molar-refractivity contribution in [3.05, 3.63) is 35.7 Å². The van der Waals surface area contributed by atoms with Crippen LogP contribution in [0.1, 0.15) is 44.1 Å². The van der Waals surface area contributed by atoms with Crippen molar-refractivity contribution in [1.82, 2.24) is 10.3 Å². The fourth-order valence-corrected chi connectivity index (χ4v) is 4.68. The maximum atomic E-state index is 12.2. The molecule has 0 aliphatic heterocycles. The van der Waals surface area contributed by atoms with E-state index in [2.05, 4.69) is 35.6 Å². The Morgan fingerprint density at radius 2 is 2.00 bits per heavy atom. The molecule has 2 atom stereocenters. The van der Waals surface area contributed by atoms with Crippen molar-refractivity contribution in [3.8, 4) is 11.5 Å². The lowest BCUT2D eigenvalue weighted by atomic mass is 9.86. The van der Waals surface area contributed by atoms with E-state index >= 15 is 0 Å². The summed E-state index contributed by atoms with van der Waals surface area (Å²) in [6, 6.07) is 8.56. The zero-order chi connectivity index (χ0) is 19.2. The molecule has 1 heterocycles. The SMILES string of the molecule is CSc1ccc(-c2nc(CSCC(=O)N[C@H]3CCCC[C@H]3C)c(C)o2)cc1. The number of oxazole rings is 1. The molecule has 2 aromatic rings. The molecular weight excluding hydrogens is 376 g/mol. The van der Waals surface area contributed by atoms with Gasteiger partial charge in [0, 0.05) is 22.3 Å². The van der Waals surface area contributed by atoms with Crippen molar-refractivity contribution >= 4 is 29.4 Å². The lowest BCUT2D eigenvalue weighted by molar-refractivity contribution is -0.119. The Hall–Kier alpha value is -1.40. The number of amides is 1. The van der Waals surface area contributed by atoms with Gasteiger partial charge in [-0.2, -0.15) is 0 Å². The number of rotatable bonds is 7. The maximum absolute atomic E-state index is 12.2. The topological polar surface area (TPSA) is 55.1 Å². The highest BCUT2D eigenvalue weighted by molar-refractivity contribution is 7.99. The first-order chi connectivity index (χ1) is 13.1. The van der Waals surface area contributed by atoms with Crippen LogP contribution in [0.5, 0.6) is 0 Å². The second-order valence-corrected chi connectivity index (χ2v) is 9.04. The number of nitrogens with one attached hydrogen (secondary N) is 1. The van der Waals surface area contributed by atoms with Crippen molar-refractivity contribution in [2.75, 3.05) is 12.0 Å². The van der Waals surface area contributed by atoms with Gasteiger partial charge in [0.05, 0.1) is 11.4 Å². The maximum Gasteiger partial charge on any atom is 0.230 e. The van der Waals surface area contributed by atoms with Crippen LogP contribution >= 0.6 is 23.5 Å². The highest BCUT2D eigenvalue weighted by atomic mass is 32.2. The summed E-state index contributed by atoms with van der Waals surface area (Å²) in [4.78, 5) is 18.1. The zero-order valence-corrected chi connectivity index (χ0v) is 17.9. The summed E-state index contributed by atoms with van der Waals surface area (Å²) >= 11 is 3.31. The Kier molecular flexibility index (Phi) is 7.30. The summed E-state index contributed by atoms with van der Waals surface area (Å²) in [5.74, 6) is 3.35. The van der Waals surface area contributed by atoms with Crippen molar-refractivity contribution in [3.63, 3.8) is 0 Å². The third-order valence-corrected chi connectivity index (χ3v) is 6.85. The third kappa shape index (κ3) is 5.55. The molecule has 1 aliphatic carbocycles. The monoisotopic (exact) mass is 404 g/mol. The summed E-state index contributed by atoms with van der Waals surface area (Å²) < 4.78 is 5.84. The molecule has 1 aliphatic rings. The molecule has 1 aromatic carbocycles. The Labute approximate surface area is 170 Å². The van der Waals surface area contributed by atoms with Gasteiger partial charge < -0.3 is 9.73 Å². The number of carbonyl (C=O) groups is 1. The molecule has 0 bridgehead atoms. The van der Waals surface area contributed by atoms with Crippen molar-refractivity contribution in [1.29, 1.82) is 0 Å². The molecule has 146 valence electrons. The summed E-state index contributed by atoms with van der Waals surface area (Å²) in [7, 11) is 0. The number of aromatic nitrogens is 1. The van der Waals surface area contributed by atoms with Gasteiger partial charge in [-0.15, -0.1) is 23.5 Å². The molecule has 4 nitrogen and oxygen atoms in total. The third-order valence-electron chi connectivity index (χ3n) is 5.16. The van der Waals surface area contributed by atoms with Gasteiger partial charge in [0.15, 0.2) is 0 Å². The Bertz CT molecular complexity index is 758. The van der Waals surface area contributed by atoms with Crippen LogP contribution in [0.15, 0.2) is 33.6 Å². The normalized spacial score (nSPS) is 19.8. The van der Waals surface area contributed by atoms with Crippen LogP contribution in [0.25, 0.3) is 11.5 Å². The fourth-order valence-electron chi connectivity index (χ4n) is 3.44. The molecule has 1 amide bonds. The first-order valence-electron chi connectivity index (χ1n) is 9.54. The van der Waals surface area contributed by atoms with Gasteiger partial charge >= 0.3 is 0 Å². The van der Waals surface area contributed by atoms with E-state index in [9.17, 15) is 4.79 Å². The Morgan fingerprint density at radius 1 is 1.26 bits per heavy atom. The van der Waals surface area contributed by atoms with Gasteiger partial charge in [-0.3, -0.25) is 4.79 Å². The molecule has 1 N–H and O–H groups in total. The van der Waals surface area contributed by atoms with Gasteiger partial charge in [-0.1, -0.05) is 19.8 Å². The zero-order valence-electron chi connectivity index (χ0n) is 16.3. The number of nitrogens with zero attached hydrogens (tertiary/aromatic N) is 1. The van der Waals surface area contributed by atoms with E-state index in [0.29, 0.717) is 29.4 Å². The second-order valence-electron chi connectivity index (χ2n) is 7.18. The van der Waals surface area contributed by atoms with Gasteiger partial charge in [0.25, 0.3) is 0 Å². The number of carbonyl (C=O) groups excluding carboxylic acids is 1. The largest absolute Gasteiger partial charge is 0.441 e.